The minimum Gasteiger partial charge on any atom is -0.383 e. The second-order valence-electron chi connectivity index (χ2n) is 4.98. The molecule has 21 heavy (non-hydrogen) atoms. The molecule has 1 aromatic rings. The number of hydrogen-bond acceptors (Lipinski definition) is 5. The molecular formula is C14H25N3O3S. The van der Waals surface area contributed by atoms with E-state index >= 15 is 0 Å². The average Bonchev–Trinajstić information content (AvgIpc) is 2.45. The molecule has 0 radical (unpaired) electrons. The smallest absolute Gasteiger partial charge is 0.247 e. The molecule has 0 aliphatic carbocycles. The van der Waals surface area contributed by atoms with Crippen LogP contribution >= 0.6 is 0 Å². The molecule has 0 atom stereocenters. The van der Waals surface area contributed by atoms with Gasteiger partial charge in [0.25, 0.3) is 0 Å². The van der Waals surface area contributed by atoms with Crippen molar-refractivity contribution in [2.24, 2.45) is 0 Å². The Kier molecular flexibility index (Phi) is 7.07. The third-order valence-corrected chi connectivity index (χ3v) is 5.10. The Bertz CT molecular complexity index is 532. The first-order valence-electron chi connectivity index (χ1n) is 7.14. The van der Waals surface area contributed by atoms with Gasteiger partial charge >= 0.3 is 0 Å². The van der Waals surface area contributed by atoms with Gasteiger partial charge in [-0.1, -0.05) is 6.92 Å². The fourth-order valence-electron chi connectivity index (χ4n) is 1.94. The summed E-state index contributed by atoms with van der Waals surface area (Å²) in [6.45, 7) is 7.07. The van der Waals surface area contributed by atoms with Gasteiger partial charge in [0.05, 0.1) is 6.61 Å². The van der Waals surface area contributed by atoms with Crippen molar-refractivity contribution < 1.29 is 13.2 Å². The Balaban J connectivity index is 3.15. The van der Waals surface area contributed by atoms with Gasteiger partial charge in [-0.3, -0.25) is 0 Å². The molecule has 0 saturated carbocycles. The Hall–Kier alpha value is -1.18. The van der Waals surface area contributed by atoms with Gasteiger partial charge in [-0.25, -0.2) is 13.4 Å². The van der Waals surface area contributed by atoms with Crippen LogP contribution in [0.2, 0.25) is 0 Å². The van der Waals surface area contributed by atoms with E-state index in [0.29, 0.717) is 25.5 Å². The summed E-state index contributed by atoms with van der Waals surface area (Å²) in [6, 6.07) is 3.07. The summed E-state index contributed by atoms with van der Waals surface area (Å²) in [5.74, 6) is 0.405. The lowest BCUT2D eigenvalue weighted by Gasteiger charge is -2.26. The van der Waals surface area contributed by atoms with Crippen LogP contribution in [0.25, 0.3) is 0 Å². The summed E-state index contributed by atoms with van der Waals surface area (Å²) in [5.41, 5.74) is 0. The molecule has 1 N–H and O–H groups in total. The van der Waals surface area contributed by atoms with E-state index in [1.807, 2.05) is 20.8 Å². The summed E-state index contributed by atoms with van der Waals surface area (Å²) >= 11 is 0. The summed E-state index contributed by atoms with van der Waals surface area (Å²) in [7, 11) is -2.05. The van der Waals surface area contributed by atoms with Crippen molar-refractivity contribution in [1.29, 1.82) is 0 Å². The van der Waals surface area contributed by atoms with Crippen molar-refractivity contribution in [2.45, 2.75) is 38.1 Å². The third-order valence-electron chi connectivity index (χ3n) is 2.99. The number of nitrogens with zero attached hydrogens (tertiary/aromatic N) is 2. The molecule has 0 spiro atoms. The van der Waals surface area contributed by atoms with Crippen molar-refractivity contribution in [3.8, 4) is 0 Å². The number of sulfonamides is 1. The first-order valence-corrected chi connectivity index (χ1v) is 8.58. The first-order chi connectivity index (χ1) is 9.95. The molecule has 0 bridgehead atoms. The number of anilines is 1. The number of methoxy groups -OCH3 is 1. The van der Waals surface area contributed by atoms with Gasteiger partial charge in [-0.05, 0) is 32.4 Å². The van der Waals surface area contributed by atoms with E-state index in [9.17, 15) is 8.42 Å². The van der Waals surface area contributed by atoms with Gasteiger partial charge in [0.1, 0.15) is 10.7 Å². The van der Waals surface area contributed by atoms with Crippen LogP contribution in [0.1, 0.15) is 27.2 Å². The zero-order chi connectivity index (χ0) is 15.9. The van der Waals surface area contributed by atoms with Gasteiger partial charge in [0.2, 0.25) is 10.0 Å². The normalized spacial score (nSPS) is 12.1. The first kappa shape index (κ1) is 17.9. The highest BCUT2D eigenvalue weighted by Crippen LogP contribution is 2.23. The van der Waals surface area contributed by atoms with E-state index in [1.165, 1.54) is 4.31 Å². The maximum atomic E-state index is 12.9. The molecule has 0 unspecified atom stereocenters. The van der Waals surface area contributed by atoms with E-state index in [1.54, 1.807) is 25.4 Å². The highest BCUT2D eigenvalue weighted by molar-refractivity contribution is 7.89. The lowest BCUT2D eigenvalue weighted by molar-refractivity contribution is 0.171. The standard InChI is InChI=1S/C14H25N3O3S/c1-5-8-15-14-13(7-6-9-16-14)21(18,19)17(12(2)3)10-11-20-4/h6-7,9,12H,5,8,10-11H2,1-4H3,(H,15,16). The van der Waals surface area contributed by atoms with E-state index < -0.39 is 10.0 Å². The zero-order valence-corrected chi connectivity index (χ0v) is 14.0. The summed E-state index contributed by atoms with van der Waals surface area (Å²) in [4.78, 5) is 4.37. The highest BCUT2D eigenvalue weighted by Gasteiger charge is 2.29. The lowest BCUT2D eigenvalue weighted by Crippen LogP contribution is -2.39. The van der Waals surface area contributed by atoms with Gasteiger partial charge in [-0.15, -0.1) is 0 Å². The Morgan fingerprint density at radius 3 is 2.71 bits per heavy atom. The molecule has 0 amide bonds. The molecule has 0 aliphatic heterocycles. The van der Waals surface area contributed by atoms with Crippen molar-refractivity contribution in [3.63, 3.8) is 0 Å². The number of pyridine rings is 1. The molecule has 6 nitrogen and oxygen atoms in total. The van der Waals surface area contributed by atoms with Crippen LogP contribution in [0.15, 0.2) is 23.2 Å². The topological polar surface area (TPSA) is 71.5 Å². The third kappa shape index (κ3) is 4.66. The lowest BCUT2D eigenvalue weighted by atomic mass is 10.4. The quantitative estimate of drug-likeness (QED) is 0.754. The monoisotopic (exact) mass is 315 g/mol. The molecule has 0 saturated heterocycles. The predicted molar refractivity (Wildman–Crippen MR) is 83.9 cm³/mol. The van der Waals surface area contributed by atoms with Crippen LogP contribution in [0.3, 0.4) is 0 Å². The molecule has 1 rings (SSSR count). The van der Waals surface area contributed by atoms with E-state index in [-0.39, 0.29) is 10.9 Å². The molecule has 0 aromatic carbocycles. The van der Waals surface area contributed by atoms with Crippen molar-refractivity contribution in [2.75, 3.05) is 32.1 Å². The minimum atomic E-state index is -3.61. The highest BCUT2D eigenvalue weighted by atomic mass is 32.2. The van der Waals surface area contributed by atoms with Crippen molar-refractivity contribution >= 4 is 15.8 Å². The van der Waals surface area contributed by atoms with Crippen LogP contribution in [-0.4, -0.2) is 50.6 Å². The molecular weight excluding hydrogens is 290 g/mol. The molecule has 1 heterocycles. The van der Waals surface area contributed by atoms with Gasteiger partial charge in [0, 0.05) is 32.4 Å². The minimum absolute atomic E-state index is 0.149. The van der Waals surface area contributed by atoms with Crippen molar-refractivity contribution in [1.82, 2.24) is 9.29 Å². The summed E-state index contributed by atoms with van der Waals surface area (Å²) < 4.78 is 32.2. The largest absolute Gasteiger partial charge is 0.383 e. The van der Waals surface area contributed by atoms with E-state index in [2.05, 4.69) is 10.3 Å². The summed E-state index contributed by atoms with van der Waals surface area (Å²) in [5, 5.41) is 3.07. The number of nitrogens with one attached hydrogen (secondary N) is 1. The van der Waals surface area contributed by atoms with Crippen molar-refractivity contribution in [3.05, 3.63) is 18.3 Å². The fourth-order valence-corrected chi connectivity index (χ4v) is 3.68. The number of rotatable bonds is 9. The predicted octanol–water partition coefficient (Wildman–Crippen LogP) is 1.95. The van der Waals surface area contributed by atoms with E-state index in [0.717, 1.165) is 6.42 Å². The molecule has 120 valence electrons. The molecule has 1 aromatic heterocycles. The fraction of sp³-hybridized carbons (Fsp3) is 0.643. The second-order valence-corrected chi connectivity index (χ2v) is 6.84. The number of ether oxygens (including phenoxy) is 1. The molecule has 0 fully saturated rings. The second kappa shape index (κ2) is 8.31. The molecule has 0 aliphatic rings. The van der Waals surface area contributed by atoms with Gasteiger partial charge in [-0.2, -0.15) is 4.31 Å². The maximum absolute atomic E-state index is 12.9. The van der Waals surface area contributed by atoms with Crippen LogP contribution in [0.5, 0.6) is 0 Å². The van der Waals surface area contributed by atoms with E-state index in [4.69, 9.17) is 4.74 Å². The Labute approximate surface area is 127 Å². The maximum Gasteiger partial charge on any atom is 0.247 e. The Morgan fingerprint density at radius 1 is 1.43 bits per heavy atom. The number of hydrogen-bond donors (Lipinski definition) is 1. The number of aromatic nitrogens is 1. The molecule has 7 heteroatoms. The van der Waals surface area contributed by atoms with Crippen LogP contribution in [0, 0.1) is 0 Å². The van der Waals surface area contributed by atoms with Crippen LogP contribution in [-0.2, 0) is 14.8 Å². The Morgan fingerprint density at radius 2 is 2.14 bits per heavy atom. The summed E-state index contributed by atoms with van der Waals surface area (Å²) in [6.07, 6.45) is 2.49. The van der Waals surface area contributed by atoms with Crippen LogP contribution < -0.4 is 5.32 Å². The average molecular weight is 315 g/mol. The van der Waals surface area contributed by atoms with Crippen LogP contribution in [0.4, 0.5) is 5.82 Å². The van der Waals surface area contributed by atoms with Gasteiger partial charge < -0.3 is 10.1 Å². The SMILES string of the molecule is CCCNc1ncccc1S(=O)(=O)N(CCOC)C(C)C. The van der Waals surface area contributed by atoms with Gasteiger partial charge in [0.15, 0.2) is 0 Å². The zero-order valence-electron chi connectivity index (χ0n) is 13.2.